The number of piperazine rings is 1. The highest BCUT2D eigenvalue weighted by Crippen LogP contribution is 2.27. The Hall–Kier alpha value is -3.59. The molecule has 12 nitrogen and oxygen atoms in total. The van der Waals surface area contributed by atoms with E-state index >= 15 is 0 Å². The number of nitrogens with zero attached hydrogens (tertiary/aromatic N) is 4. The van der Waals surface area contributed by atoms with E-state index in [9.17, 15) is 22.8 Å². The van der Waals surface area contributed by atoms with Crippen LogP contribution in [0.15, 0.2) is 57.9 Å². The average molecular weight is 606 g/mol. The van der Waals surface area contributed by atoms with Gasteiger partial charge in [-0.05, 0) is 36.4 Å². The number of aliphatic imine (C=N–C) groups is 1. The molecular formula is C25H28ClN7O5S2. The van der Waals surface area contributed by atoms with Crippen LogP contribution in [0.25, 0.3) is 10.8 Å². The molecule has 15 heteroatoms. The predicted molar refractivity (Wildman–Crippen MR) is 153 cm³/mol. The summed E-state index contributed by atoms with van der Waals surface area (Å²) in [6.07, 6.45) is 2.18. The zero-order valence-electron chi connectivity index (χ0n) is 21.3. The third kappa shape index (κ3) is 6.94. The second-order valence-corrected chi connectivity index (χ2v) is 12.3. The minimum absolute atomic E-state index is 0.00885. The normalized spacial score (nSPS) is 15.1. The number of Topliss-reactive ketones (excluding diaryl/α,β-unsaturated/α-hetero) is 1. The van der Waals surface area contributed by atoms with Crippen molar-refractivity contribution in [3.05, 3.63) is 58.0 Å². The predicted octanol–water partition coefficient (Wildman–Crippen LogP) is 1.20. The molecule has 1 aromatic heterocycles. The van der Waals surface area contributed by atoms with Crippen molar-refractivity contribution in [2.24, 2.45) is 16.5 Å². The summed E-state index contributed by atoms with van der Waals surface area (Å²) in [6.45, 7) is -0.436. The van der Waals surface area contributed by atoms with E-state index < -0.39 is 34.4 Å². The van der Waals surface area contributed by atoms with E-state index in [0.717, 1.165) is 21.0 Å². The Morgan fingerprint density at radius 3 is 2.70 bits per heavy atom. The summed E-state index contributed by atoms with van der Waals surface area (Å²) in [5.74, 6) is -1.50. The van der Waals surface area contributed by atoms with Crippen molar-refractivity contribution >= 4 is 67.3 Å². The van der Waals surface area contributed by atoms with E-state index in [1.807, 2.05) is 0 Å². The Morgan fingerprint density at radius 2 is 2.00 bits per heavy atom. The van der Waals surface area contributed by atoms with Crippen molar-refractivity contribution in [2.75, 3.05) is 32.7 Å². The SMILES string of the molecule is NC(N)=NCCC[C@H](NC(=O)CN1CCN(S(=O)(=O)c2ccc3c(Cl)cccc3c2)CC1=O)C(=O)c1nccs1. The molecule has 5 N–H and O–H groups in total. The highest BCUT2D eigenvalue weighted by Gasteiger charge is 2.34. The van der Waals surface area contributed by atoms with Gasteiger partial charge in [-0.25, -0.2) is 13.4 Å². The lowest BCUT2D eigenvalue weighted by atomic mass is 10.1. The summed E-state index contributed by atoms with van der Waals surface area (Å²) in [5, 5.41) is 6.48. The number of amides is 2. The van der Waals surface area contributed by atoms with Gasteiger partial charge in [-0.3, -0.25) is 19.4 Å². The van der Waals surface area contributed by atoms with Gasteiger partial charge in [-0.1, -0.05) is 29.8 Å². The number of thiazole rings is 1. The molecule has 1 fully saturated rings. The lowest BCUT2D eigenvalue weighted by molar-refractivity contribution is -0.138. The number of guanidine groups is 1. The molecule has 0 unspecified atom stereocenters. The summed E-state index contributed by atoms with van der Waals surface area (Å²) in [5.41, 5.74) is 10.7. The van der Waals surface area contributed by atoms with Gasteiger partial charge < -0.3 is 21.7 Å². The Morgan fingerprint density at radius 1 is 1.20 bits per heavy atom. The van der Waals surface area contributed by atoms with Crippen LogP contribution in [0.3, 0.4) is 0 Å². The van der Waals surface area contributed by atoms with Gasteiger partial charge in [0.2, 0.25) is 27.6 Å². The highest BCUT2D eigenvalue weighted by atomic mass is 35.5. The van der Waals surface area contributed by atoms with Crippen molar-refractivity contribution in [2.45, 2.75) is 23.8 Å². The number of fused-ring (bicyclic) bond motifs is 1. The quantitative estimate of drug-likeness (QED) is 0.126. The Balaban J connectivity index is 1.38. The summed E-state index contributed by atoms with van der Waals surface area (Å²) in [7, 11) is -3.96. The van der Waals surface area contributed by atoms with Gasteiger partial charge in [-0.15, -0.1) is 11.3 Å². The van der Waals surface area contributed by atoms with E-state index in [-0.39, 0.29) is 54.2 Å². The fourth-order valence-electron chi connectivity index (χ4n) is 4.27. The maximum atomic E-state index is 13.3. The first kappa shape index (κ1) is 29.4. The van der Waals surface area contributed by atoms with Crippen molar-refractivity contribution in [3.63, 3.8) is 0 Å². The molecule has 1 aliphatic heterocycles. The second-order valence-electron chi connectivity index (χ2n) is 9.05. The number of benzene rings is 2. The number of rotatable bonds is 11. The molecule has 0 spiro atoms. The van der Waals surface area contributed by atoms with Crippen molar-refractivity contribution in [1.82, 2.24) is 19.5 Å². The fraction of sp³-hybridized carbons (Fsp3) is 0.320. The van der Waals surface area contributed by atoms with E-state index in [2.05, 4.69) is 15.3 Å². The third-order valence-electron chi connectivity index (χ3n) is 6.29. The third-order valence-corrected chi connectivity index (χ3v) is 9.25. The molecule has 0 radical (unpaired) electrons. The van der Waals surface area contributed by atoms with Crippen LogP contribution < -0.4 is 16.8 Å². The molecule has 1 aliphatic rings. The maximum Gasteiger partial charge on any atom is 0.243 e. The zero-order valence-corrected chi connectivity index (χ0v) is 23.7. The number of aromatic nitrogens is 1. The van der Waals surface area contributed by atoms with Gasteiger partial charge in [0, 0.05) is 41.6 Å². The standard InChI is InChI=1S/C25H28ClN7O5S2/c26-19-4-1-3-16-13-17(6-7-18(16)19)40(37,38)33-11-10-32(22(35)15-33)14-21(34)31-20(5-2-8-30-25(27)28)23(36)24-29-9-12-39-24/h1,3-4,6-7,9,12-13,20H,2,5,8,10-11,14-15H2,(H,31,34)(H4,27,28,30)/t20-/m0/s1. The van der Waals surface area contributed by atoms with Crippen LogP contribution in [0, 0.1) is 0 Å². The lowest BCUT2D eigenvalue weighted by Gasteiger charge is -2.33. The number of sulfonamides is 1. The molecule has 2 aromatic carbocycles. The Bertz CT molecular complexity index is 1540. The van der Waals surface area contributed by atoms with Crippen LogP contribution in [0.5, 0.6) is 0 Å². The van der Waals surface area contributed by atoms with Crippen LogP contribution in [0.1, 0.15) is 22.6 Å². The summed E-state index contributed by atoms with van der Waals surface area (Å²) in [6, 6.07) is 8.94. The van der Waals surface area contributed by atoms with Gasteiger partial charge in [0.05, 0.1) is 24.0 Å². The van der Waals surface area contributed by atoms with E-state index in [1.54, 1.807) is 29.6 Å². The summed E-state index contributed by atoms with van der Waals surface area (Å²) >= 11 is 7.34. The molecule has 3 aromatic rings. The first-order chi connectivity index (χ1) is 19.1. The molecule has 1 saturated heterocycles. The number of carbonyl (C=O) groups is 3. The average Bonchev–Trinajstić information content (AvgIpc) is 3.46. The Kier molecular flexibility index (Phi) is 9.35. The number of carbonyl (C=O) groups excluding carboxylic acids is 3. The van der Waals surface area contributed by atoms with Crippen LogP contribution in [0.4, 0.5) is 0 Å². The lowest BCUT2D eigenvalue weighted by Crippen LogP contribution is -2.55. The molecule has 0 saturated carbocycles. The molecule has 212 valence electrons. The van der Waals surface area contributed by atoms with Gasteiger partial charge in [0.1, 0.15) is 0 Å². The number of nitrogens with two attached hydrogens (primary N) is 2. The maximum absolute atomic E-state index is 13.3. The van der Waals surface area contributed by atoms with Crippen LogP contribution in [-0.4, -0.2) is 84.9 Å². The monoisotopic (exact) mass is 605 g/mol. The van der Waals surface area contributed by atoms with Crippen molar-refractivity contribution in [1.29, 1.82) is 0 Å². The highest BCUT2D eigenvalue weighted by molar-refractivity contribution is 7.89. The largest absolute Gasteiger partial charge is 0.370 e. The molecule has 2 amide bonds. The molecule has 1 atom stereocenters. The van der Waals surface area contributed by atoms with Crippen LogP contribution in [0.2, 0.25) is 5.02 Å². The number of hydrogen-bond donors (Lipinski definition) is 3. The van der Waals surface area contributed by atoms with Gasteiger partial charge in [0.25, 0.3) is 0 Å². The fourth-order valence-corrected chi connectivity index (χ4v) is 6.56. The number of nitrogens with one attached hydrogen (secondary N) is 1. The number of halogens is 1. The van der Waals surface area contributed by atoms with Gasteiger partial charge in [-0.2, -0.15) is 4.31 Å². The topological polar surface area (TPSA) is 181 Å². The van der Waals surface area contributed by atoms with Gasteiger partial charge >= 0.3 is 0 Å². The molecule has 40 heavy (non-hydrogen) atoms. The second kappa shape index (κ2) is 12.7. The van der Waals surface area contributed by atoms with Crippen molar-refractivity contribution in [3.8, 4) is 0 Å². The molecule has 0 aliphatic carbocycles. The molecular weight excluding hydrogens is 578 g/mol. The first-order valence-corrected chi connectivity index (χ1v) is 15.0. The van der Waals surface area contributed by atoms with Crippen molar-refractivity contribution < 1.29 is 22.8 Å². The minimum atomic E-state index is -3.96. The summed E-state index contributed by atoms with van der Waals surface area (Å²) < 4.78 is 27.6. The summed E-state index contributed by atoms with van der Waals surface area (Å²) in [4.78, 5) is 47.8. The molecule has 4 rings (SSSR count). The van der Waals surface area contributed by atoms with E-state index in [0.29, 0.717) is 16.8 Å². The molecule has 2 heterocycles. The smallest absolute Gasteiger partial charge is 0.243 e. The number of hydrogen-bond acceptors (Lipinski definition) is 8. The van der Waals surface area contributed by atoms with E-state index in [4.69, 9.17) is 23.1 Å². The Labute approximate surface area is 240 Å². The van der Waals surface area contributed by atoms with Gasteiger partial charge in [0.15, 0.2) is 11.0 Å². The molecule has 0 bridgehead atoms. The number of ketones is 1. The van der Waals surface area contributed by atoms with Crippen LogP contribution >= 0.6 is 22.9 Å². The van der Waals surface area contributed by atoms with Crippen LogP contribution in [-0.2, 0) is 19.6 Å². The zero-order chi connectivity index (χ0) is 28.9. The first-order valence-electron chi connectivity index (χ1n) is 12.3. The minimum Gasteiger partial charge on any atom is -0.370 e. The van der Waals surface area contributed by atoms with E-state index in [1.165, 1.54) is 23.2 Å².